The lowest BCUT2D eigenvalue weighted by atomic mass is 9.75. The molecule has 0 saturated carbocycles. The summed E-state index contributed by atoms with van der Waals surface area (Å²) in [7, 11) is 5.75. The summed E-state index contributed by atoms with van der Waals surface area (Å²) < 4.78 is 9.85. The van der Waals surface area contributed by atoms with Gasteiger partial charge in [0, 0.05) is 155 Å². The summed E-state index contributed by atoms with van der Waals surface area (Å²) in [5, 5.41) is 17.7. The van der Waals surface area contributed by atoms with Gasteiger partial charge in [-0.15, -0.1) is 0 Å². The van der Waals surface area contributed by atoms with Gasteiger partial charge < -0.3 is 19.7 Å². The molecule has 0 radical (unpaired) electrons. The largest absolute Gasteiger partial charge is 0.400 e. The molecule has 0 bridgehead atoms. The smallest absolute Gasteiger partial charge is 0.193 e. The third-order valence-corrected chi connectivity index (χ3v) is 12.8. The van der Waals surface area contributed by atoms with Crippen LogP contribution < -0.4 is 0 Å². The van der Waals surface area contributed by atoms with Crippen molar-refractivity contribution in [3.8, 4) is 0 Å². The van der Waals surface area contributed by atoms with Crippen LogP contribution in [0.15, 0.2) is 142 Å². The number of methoxy groups -OCH3 is 2. The maximum atomic E-state index is 13.5. The summed E-state index contributed by atoms with van der Waals surface area (Å²) in [5.41, 5.74) is 2.92. The average Bonchev–Trinajstić information content (AvgIpc) is 3.41. The number of ether oxygens (including phenoxy) is 2. The minimum Gasteiger partial charge on any atom is -0.400 e. The molecule has 74 heavy (non-hydrogen) atoms. The summed E-state index contributed by atoms with van der Waals surface area (Å²) in [6.07, 6.45) is 1.39. The number of alkyl halides is 1. The number of Topliss-reactive ketones (excluding diaryl/α,β-unsaturated/α-hetero) is 8. The Morgan fingerprint density at radius 2 is 0.595 bits per heavy atom. The first kappa shape index (κ1) is 63.5. The van der Waals surface area contributed by atoms with Crippen LogP contribution in [0.4, 0.5) is 0 Å². The van der Waals surface area contributed by atoms with Gasteiger partial charge in [0.15, 0.2) is 46.3 Å². The van der Waals surface area contributed by atoms with Crippen LogP contribution in [-0.2, 0) is 9.47 Å². The zero-order valence-electron chi connectivity index (χ0n) is 43.6. The fourth-order valence-electron chi connectivity index (χ4n) is 9.45. The minimum atomic E-state index is -1.53. The molecule has 2 N–H and O–H groups in total. The van der Waals surface area contributed by atoms with E-state index in [9.17, 15) is 43.5 Å². The Kier molecular flexibility index (Phi) is 24.8. The summed E-state index contributed by atoms with van der Waals surface area (Å²) in [5.74, 6) is -1.93. The Bertz CT molecular complexity index is 2960. The number of fused-ring (bicyclic) bond motifs is 4. The van der Waals surface area contributed by atoms with Crippen LogP contribution in [0, 0.1) is 0 Å². The lowest BCUT2D eigenvalue weighted by Gasteiger charge is -2.32. The van der Waals surface area contributed by atoms with E-state index >= 15 is 0 Å². The van der Waals surface area contributed by atoms with E-state index in [-0.39, 0.29) is 88.7 Å². The van der Waals surface area contributed by atoms with Gasteiger partial charge in [0.1, 0.15) is 0 Å². The number of halogens is 3. The molecular weight excluding hydrogens is 1280 g/mol. The van der Waals surface area contributed by atoms with Crippen LogP contribution in [0.2, 0.25) is 0 Å². The maximum absolute atomic E-state index is 13.5. The molecule has 0 amide bonds. The molecule has 0 spiro atoms. The van der Waals surface area contributed by atoms with Gasteiger partial charge in [-0.25, -0.2) is 0 Å². The van der Waals surface area contributed by atoms with Gasteiger partial charge in [0.05, 0.1) is 11.2 Å². The number of allylic oxidation sites excluding steroid dienone is 6. The molecule has 4 aliphatic rings. The number of carbonyl (C=O) groups excluding carboxylic acids is 8. The molecular formula is C59H63I3O12. The van der Waals surface area contributed by atoms with E-state index in [1.807, 2.05) is 18.8 Å². The molecule has 0 aromatic heterocycles. The minimum absolute atomic E-state index is 0.0508. The van der Waals surface area contributed by atoms with Gasteiger partial charge in [-0.05, 0) is 71.2 Å². The van der Waals surface area contributed by atoms with Crippen molar-refractivity contribution in [3.63, 3.8) is 0 Å². The molecule has 4 aromatic rings. The first-order valence-electron chi connectivity index (χ1n) is 23.6. The molecule has 0 unspecified atom stereocenters. The second kappa shape index (κ2) is 28.9. The Hall–Kier alpha value is -4.77. The quantitative estimate of drug-likeness (QED) is 0.107. The van der Waals surface area contributed by atoms with Crippen molar-refractivity contribution >= 4 is 106 Å². The van der Waals surface area contributed by atoms with Crippen molar-refractivity contribution in [1.29, 1.82) is 0 Å². The molecule has 4 aromatic carbocycles. The zero-order valence-corrected chi connectivity index (χ0v) is 50.1. The first-order valence-corrected chi connectivity index (χ1v) is 32.0. The van der Waals surface area contributed by atoms with E-state index in [0.717, 1.165) is 7.11 Å². The monoisotopic (exact) mass is 1340 g/mol. The molecule has 0 atom stereocenters. The number of ketones is 8. The second-order valence-corrected chi connectivity index (χ2v) is 17.8. The van der Waals surface area contributed by atoms with Gasteiger partial charge in [-0.3, -0.25) is 38.4 Å². The first-order chi connectivity index (χ1) is 35.3. The van der Waals surface area contributed by atoms with Crippen molar-refractivity contribution in [1.82, 2.24) is 0 Å². The number of carbonyl (C=O) groups is 8. The van der Waals surface area contributed by atoms with Crippen molar-refractivity contribution in [2.45, 2.75) is 91.3 Å². The third kappa shape index (κ3) is 13.4. The highest BCUT2D eigenvalue weighted by molar-refractivity contribution is 15.0. The van der Waals surface area contributed by atoms with Crippen LogP contribution in [0.3, 0.4) is 0 Å². The molecule has 0 aliphatic heterocycles. The summed E-state index contributed by atoms with van der Waals surface area (Å²) in [6.45, 7) is 10.1. The Morgan fingerprint density at radius 3 is 0.838 bits per heavy atom. The number of hydrogen-bond acceptors (Lipinski definition) is 12. The predicted molar refractivity (Wildman–Crippen MR) is 314 cm³/mol. The lowest BCUT2D eigenvalue weighted by molar-refractivity contribution is 0.0479. The summed E-state index contributed by atoms with van der Waals surface area (Å²) in [4.78, 5) is 108. The second-order valence-electron chi connectivity index (χ2n) is 17.8. The number of aliphatic hydroxyl groups excluding tert-OH is 1. The predicted octanol–water partition coefficient (Wildman–Crippen LogP) is 12.7. The summed E-state index contributed by atoms with van der Waals surface area (Å²) >= 11 is 6.39. The number of rotatable bonds is 11. The highest BCUT2D eigenvalue weighted by Crippen LogP contribution is 2.40. The van der Waals surface area contributed by atoms with Crippen molar-refractivity contribution in [2.24, 2.45) is 0 Å². The molecule has 392 valence electrons. The van der Waals surface area contributed by atoms with E-state index in [0.29, 0.717) is 85.2 Å². The van der Waals surface area contributed by atoms with Crippen molar-refractivity contribution in [2.75, 3.05) is 33.4 Å². The third-order valence-electron chi connectivity index (χ3n) is 12.8. The normalized spacial score (nSPS) is 14.9. The Morgan fingerprint density at radius 1 is 0.392 bits per heavy atom. The fraction of sp³-hybridized carbons (Fsp3) is 0.322. The van der Waals surface area contributed by atoms with Gasteiger partial charge >= 0.3 is 0 Å². The Balaban J connectivity index is 0.000000338. The number of aliphatic hydroxyl groups is 2. The van der Waals surface area contributed by atoms with E-state index < -0.39 is 11.2 Å². The average molecular weight is 1340 g/mol. The molecule has 15 heteroatoms. The molecule has 8 rings (SSSR count). The topological polar surface area (TPSA) is 195 Å². The molecule has 0 heterocycles. The van der Waals surface area contributed by atoms with E-state index in [4.69, 9.17) is 9.84 Å². The highest BCUT2D eigenvalue weighted by Gasteiger charge is 2.42. The van der Waals surface area contributed by atoms with Gasteiger partial charge in [0.25, 0.3) is 0 Å². The van der Waals surface area contributed by atoms with Crippen LogP contribution in [0.5, 0.6) is 0 Å². The summed E-state index contributed by atoms with van der Waals surface area (Å²) in [6, 6.07) is 26.8. The van der Waals surface area contributed by atoms with Gasteiger partial charge in [-0.2, -0.15) is 0 Å². The maximum Gasteiger partial charge on any atom is 0.193 e. The molecule has 12 nitrogen and oxygen atoms in total. The standard InChI is InChI=1S/C28H26O5.C27H24O5.C2H6O.CH3I.CH4O.I2/c1-5-16-21(25(30)18-11-7-6-10-17(18)24(16)29)14-15-22-23(28(2,3)33-4)27(32)20-13-9-8-12-19(20)26(22)31;1-4-15-20(24(29)17-10-6-5-9-16(17)23(15)28)13-14-21-22(27(2,3)32)26(31)19-12-8-7-11-18(19)25(21)30;1-3-2;3*1-2/h6-13H,5,14-15H2,1-4H3;5-12,32H,4,13-14H2,1-3H3;1-2H3;1H3;2H,1H3;. The lowest BCUT2D eigenvalue weighted by Crippen LogP contribution is -2.36. The number of benzene rings is 4. The molecule has 4 aliphatic carbocycles. The van der Waals surface area contributed by atoms with Crippen LogP contribution in [0.1, 0.15) is 163 Å². The van der Waals surface area contributed by atoms with Gasteiger partial charge in [-0.1, -0.05) is 134 Å². The van der Waals surface area contributed by atoms with Crippen molar-refractivity contribution in [3.05, 3.63) is 186 Å². The van der Waals surface area contributed by atoms with Crippen LogP contribution >= 0.6 is 59.8 Å². The van der Waals surface area contributed by atoms with Crippen LogP contribution in [-0.4, -0.2) is 101 Å². The van der Waals surface area contributed by atoms with Crippen molar-refractivity contribution < 1.29 is 58.0 Å². The van der Waals surface area contributed by atoms with Gasteiger partial charge in [0.2, 0.25) is 0 Å². The number of hydrogen-bond donors (Lipinski definition) is 2. The van der Waals surface area contributed by atoms with Crippen LogP contribution in [0.25, 0.3) is 0 Å². The zero-order chi connectivity index (χ0) is 55.8. The molecule has 0 fully saturated rings. The Labute approximate surface area is 471 Å². The molecule has 0 saturated heterocycles. The fourth-order valence-corrected chi connectivity index (χ4v) is 9.45. The van der Waals surface area contributed by atoms with E-state index in [2.05, 4.69) is 64.6 Å². The highest BCUT2D eigenvalue weighted by atomic mass is 128. The van der Waals surface area contributed by atoms with E-state index in [1.165, 1.54) is 21.0 Å². The SMILES string of the molecule is CCC1=C(CCC2=C(C(C)(C)O)C(=O)c3ccccc3C2=O)C(=O)c2ccccc2C1=O.CCC1=C(CCC2=C(C(C)(C)OC)C(=O)c3ccccc3C2=O)C(=O)c2ccccc2C1=O.CI.CO.COC.II. The van der Waals surface area contributed by atoms with E-state index in [1.54, 1.807) is 125 Å².